The van der Waals surface area contributed by atoms with E-state index >= 15 is 0 Å². The Balaban J connectivity index is 1.29. The molecule has 0 bridgehead atoms. The molecule has 0 aromatic heterocycles. The quantitative estimate of drug-likeness (QED) is 0.449. The molecule has 5 rings (SSSR count). The lowest BCUT2D eigenvalue weighted by Gasteiger charge is -2.43. The number of hydrogen-bond donors (Lipinski definition) is 1. The highest BCUT2D eigenvalue weighted by Crippen LogP contribution is 2.34. The van der Waals surface area contributed by atoms with Gasteiger partial charge in [0, 0.05) is 30.6 Å². The van der Waals surface area contributed by atoms with Crippen LogP contribution in [0, 0.1) is 0 Å². The van der Waals surface area contributed by atoms with Crippen LogP contribution in [0.4, 0.5) is 0 Å². The number of amides is 3. The summed E-state index contributed by atoms with van der Waals surface area (Å²) < 4.78 is 11.5. The molecule has 0 spiro atoms. The zero-order valence-electron chi connectivity index (χ0n) is 19.9. The molecule has 0 aliphatic carbocycles. The van der Waals surface area contributed by atoms with Gasteiger partial charge in [-0.25, -0.2) is 0 Å². The first kappa shape index (κ1) is 24.7. The first-order valence-corrected chi connectivity index (χ1v) is 11.9. The fraction of sp³-hybridized carbons (Fsp3) is 0.400. The van der Waals surface area contributed by atoms with Gasteiger partial charge in [0.25, 0.3) is 5.91 Å². The number of nitrogens with one attached hydrogen (secondary N) is 1. The van der Waals surface area contributed by atoms with Crippen LogP contribution in [-0.4, -0.2) is 83.4 Å². The predicted octanol–water partition coefficient (Wildman–Crippen LogP) is -0.400. The molecule has 8 nitrogen and oxygen atoms in total. The van der Waals surface area contributed by atoms with Crippen molar-refractivity contribution in [3.63, 3.8) is 0 Å². The third kappa shape index (κ3) is 4.57. The molecule has 2 aromatic carbocycles. The summed E-state index contributed by atoms with van der Waals surface area (Å²) in [5.74, 6) is -0.456. The fourth-order valence-electron chi connectivity index (χ4n) is 5.02. The minimum absolute atomic E-state index is 0.204. The zero-order chi connectivity index (χ0) is 25.4. The van der Waals surface area contributed by atoms with Crippen LogP contribution in [0.1, 0.15) is 39.9 Å². The SMILES string of the molecule is [B]c1cc(COc2cccc3c2CN(C2CCC(=O)NC2=O)C3=O)ccc1C([B])([B])N1CCOCC1. The van der Waals surface area contributed by atoms with E-state index in [2.05, 4.69) is 5.32 Å². The average molecular weight is 479 g/mol. The molecule has 1 unspecified atom stereocenters. The highest BCUT2D eigenvalue weighted by molar-refractivity contribution is 6.43. The van der Waals surface area contributed by atoms with Crippen molar-refractivity contribution < 1.29 is 23.9 Å². The monoisotopic (exact) mass is 479 g/mol. The molecule has 0 saturated carbocycles. The summed E-state index contributed by atoms with van der Waals surface area (Å²) in [6.45, 7) is 2.81. The Morgan fingerprint density at radius 3 is 2.61 bits per heavy atom. The van der Waals surface area contributed by atoms with Crippen LogP contribution < -0.4 is 15.5 Å². The minimum Gasteiger partial charge on any atom is -0.489 e. The Bertz CT molecular complexity index is 1220. The maximum absolute atomic E-state index is 13.0. The van der Waals surface area contributed by atoms with Gasteiger partial charge in [-0.15, -0.1) is 0 Å². The van der Waals surface area contributed by atoms with Crippen LogP contribution in [0.3, 0.4) is 0 Å². The van der Waals surface area contributed by atoms with Crippen LogP contribution in [-0.2, 0) is 32.8 Å². The first-order valence-electron chi connectivity index (χ1n) is 11.9. The van der Waals surface area contributed by atoms with Crippen LogP contribution in [0.5, 0.6) is 5.75 Å². The van der Waals surface area contributed by atoms with Crippen molar-refractivity contribution in [2.75, 3.05) is 26.3 Å². The number of hydrogen-bond acceptors (Lipinski definition) is 6. The summed E-state index contributed by atoms with van der Waals surface area (Å²) in [7, 11) is 19.2. The van der Waals surface area contributed by atoms with Crippen molar-refractivity contribution in [3.8, 4) is 5.75 Å². The highest BCUT2D eigenvalue weighted by atomic mass is 16.5. The van der Waals surface area contributed by atoms with Gasteiger partial charge >= 0.3 is 0 Å². The van der Waals surface area contributed by atoms with E-state index in [1.807, 2.05) is 17.0 Å². The lowest BCUT2D eigenvalue weighted by Crippen LogP contribution is -2.54. The Morgan fingerprint density at radius 1 is 1.11 bits per heavy atom. The standard InChI is InChI=1S/C25H24B3N3O5/c26-19-12-15(4-5-18(19)25(27,28)30-8-10-35-11-9-30)14-36-21-3-1-2-16-17(21)13-31(24(16)34)20-6-7-22(32)29-23(20)33/h1-5,12,20H,6-11,13-14H2,(H,29,32,33). The van der Waals surface area contributed by atoms with Crippen LogP contribution >= 0.6 is 0 Å². The third-order valence-corrected chi connectivity index (χ3v) is 7.02. The van der Waals surface area contributed by atoms with E-state index in [9.17, 15) is 14.4 Å². The lowest BCUT2D eigenvalue weighted by molar-refractivity contribution is -0.136. The smallest absolute Gasteiger partial charge is 0.255 e. The van der Waals surface area contributed by atoms with Gasteiger partial charge in [-0.3, -0.25) is 19.7 Å². The minimum atomic E-state index is -1.21. The molecule has 2 fully saturated rings. The largest absolute Gasteiger partial charge is 0.489 e. The Morgan fingerprint density at radius 2 is 1.89 bits per heavy atom. The van der Waals surface area contributed by atoms with Crippen molar-refractivity contribution in [3.05, 3.63) is 58.7 Å². The van der Waals surface area contributed by atoms with Gasteiger partial charge in [-0.05, 0) is 29.5 Å². The second-order valence-electron chi connectivity index (χ2n) is 9.32. The molecule has 1 N–H and O–H groups in total. The van der Waals surface area contributed by atoms with E-state index < -0.39 is 17.3 Å². The molecule has 3 aliphatic rings. The number of nitrogens with zero attached hydrogens (tertiary/aromatic N) is 2. The lowest BCUT2D eigenvalue weighted by atomic mass is 9.54. The topological polar surface area (TPSA) is 88.2 Å². The number of morpholine rings is 1. The molecule has 3 amide bonds. The van der Waals surface area contributed by atoms with Crippen LogP contribution in [0.2, 0.25) is 0 Å². The zero-order valence-corrected chi connectivity index (χ0v) is 19.9. The van der Waals surface area contributed by atoms with Crippen LogP contribution in [0.15, 0.2) is 36.4 Å². The third-order valence-electron chi connectivity index (χ3n) is 7.02. The first-order chi connectivity index (χ1) is 17.3. The number of rotatable bonds is 6. The molecule has 11 heteroatoms. The van der Waals surface area contributed by atoms with Crippen molar-refractivity contribution in [2.45, 2.75) is 37.4 Å². The summed E-state index contributed by atoms with van der Waals surface area (Å²) in [6.07, 6.45) is 0.510. The molecular formula is C25H24B3N3O5. The molecule has 2 saturated heterocycles. The van der Waals surface area contributed by atoms with Gasteiger partial charge in [0.05, 0.1) is 35.5 Å². The summed E-state index contributed by atoms with van der Waals surface area (Å²) in [5.41, 5.74) is 3.11. The van der Waals surface area contributed by atoms with Gasteiger partial charge in [-0.1, -0.05) is 35.3 Å². The van der Waals surface area contributed by atoms with E-state index in [1.54, 1.807) is 24.3 Å². The van der Waals surface area contributed by atoms with E-state index in [0.29, 0.717) is 60.6 Å². The molecule has 6 radical (unpaired) electrons. The molecular weight excluding hydrogens is 455 g/mol. The Hall–Kier alpha value is -3.04. The van der Waals surface area contributed by atoms with Crippen molar-refractivity contribution in [1.82, 2.24) is 15.1 Å². The number of imide groups is 1. The van der Waals surface area contributed by atoms with Crippen LogP contribution in [0.25, 0.3) is 0 Å². The molecule has 3 aliphatic heterocycles. The van der Waals surface area contributed by atoms with E-state index in [4.69, 9.17) is 33.0 Å². The molecule has 2 aromatic rings. The second kappa shape index (κ2) is 9.79. The number of carbonyl (C=O) groups is 3. The van der Waals surface area contributed by atoms with Crippen molar-refractivity contribution in [1.29, 1.82) is 0 Å². The number of benzene rings is 2. The predicted molar refractivity (Wildman–Crippen MR) is 134 cm³/mol. The van der Waals surface area contributed by atoms with E-state index in [1.165, 1.54) is 4.90 Å². The van der Waals surface area contributed by atoms with Crippen molar-refractivity contribution in [2.24, 2.45) is 0 Å². The van der Waals surface area contributed by atoms with Crippen molar-refractivity contribution >= 4 is 46.7 Å². The normalized spacial score (nSPS) is 20.8. The van der Waals surface area contributed by atoms with Gasteiger partial charge < -0.3 is 19.3 Å². The van der Waals surface area contributed by atoms with Gasteiger partial charge in [0.15, 0.2) is 0 Å². The summed E-state index contributed by atoms with van der Waals surface area (Å²) in [4.78, 5) is 40.3. The maximum Gasteiger partial charge on any atom is 0.255 e. The number of fused-ring (bicyclic) bond motifs is 1. The number of carbonyl (C=O) groups excluding carboxylic acids is 3. The fourth-order valence-corrected chi connectivity index (χ4v) is 5.02. The van der Waals surface area contributed by atoms with E-state index in [-0.39, 0.29) is 31.4 Å². The molecule has 3 heterocycles. The molecule has 178 valence electrons. The summed E-state index contributed by atoms with van der Waals surface area (Å²) >= 11 is 0. The molecule has 1 atom stereocenters. The number of ether oxygens (including phenoxy) is 2. The summed E-state index contributed by atoms with van der Waals surface area (Å²) in [6, 6.07) is 10.0. The Labute approximate surface area is 213 Å². The number of piperidine rings is 1. The molecule has 36 heavy (non-hydrogen) atoms. The second-order valence-corrected chi connectivity index (χ2v) is 9.32. The van der Waals surface area contributed by atoms with Gasteiger partial charge in [0.2, 0.25) is 11.8 Å². The van der Waals surface area contributed by atoms with Gasteiger partial charge in [0.1, 0.15) is 26.2 Å². The maximum atomic E-state index is 13.0. The van der Waals surface area contributed by atoms with Gasteiger partial charge in [-0.2, -0.15) is 0 Å². The average Bonchev–Trinajstić information content (AvgIpc) is 3.20. The highest BCUT2D eigenvalue weighted by Gasteiger charge is 2.40. The van der Waals surface area contributed by atoms with E-state index in [0.717, 1.165) is 5.56 Å². The Kier molecular flexibility index (Phi) is 6.70. The summed E-state index contributed by atoms with van der Waals surface area (Å²) in [5, 5.41) is 1.10.